The average Bonchev–Trinajstić information content (AvgIpc) is 3.66. The number of carbonyl (C=O) groups is 1. The molecule has 0 fully saturated rings. The fraction of sp³-hybridized carbons (Fsp3) is 0.133. The van der Waals surface area contributed by atoms with Crippen LogP contribution in [0.15, 0.2) is 114 Å². The molecule has 0 spiro atoms. The summed E-state index contributed by atoms with van der Waals surface area (Å²) in [7, 11) is 3.30. The molecule has 0 aliphatic carbocycles. The number of amides is 2. The minimum absolute atomic E-state index is 0.241. The number of azo groups is 2. The Balaban J connectivity index is 1.30. The molecule has 2 aromatic heterocycles. The van der Waals surface area contributed by atoms with E-state index in [2.05, 4.69) is 58.4 Å². The van der Waals surface area contributed by atoms with Gasteiger partial charge in [-0.15, -0.1) is 5.01 Å². The number of hydrogen-bond acceptors (Lipinski definition) is 3. The molecule has 2 aliphatic rings. The molecule has 270 valence electrons. The Labute approximate surface area is 315 Å². The maximum atomic E-state index is 16.2. The molecule has 0 unspecified atom stereocenters. The van der Waals surface area contributed by atoms with Crippen LogP contribution in [0.4, 0.5) is 13.4 Å². The highest BCUT2D eigenvalue weighted by Gasteiger charge is 2.42. The fourth-order valence-electron chi connectivity index (χ4n) is 8.56. The van der Waals surface area contributed by atoms with Crippen LogP contribution in [-0.4, -0.2) is 45.8 Å². The summed E-state index contributed by atoms with van der Waals surface area (Å²) in [6.45, 7) is 3.29. The van der Waals surface area contributed by atoms with Crippen molar-refractivity contribution in [2.24, 2.45) is 5.11 Å². The molecule has 0 atom stereocenters. The lowest BCUT2D eigenvalue weighted by Gasteiger charge is -2.41. The molecule has 10 heteroatoms. The number of hydrazine groups is 1. The molecule has 9 rings (SSSR count). The van der Waals surface area contributed by atoms with Gasteiger partial charge in [-0.1, -0.05) is 106 Å². The van der Waals surface area contributed by atoms with E-state index >= 15 is 8.63 Å². The summed E-state index contributed by atoms with van der Waals surface area (Å²) in [6, 6.07) is 36.3. The van der Waals surface area contributed by atoms with Crippen molar-refractivity contribution >= 4 is 57.4 Å². The molecule has 7 aromatic rings. The molecule has 0 radical (unpaired) electrons. The first kappa shape index (κ1) is 34.1. The van der Waals surface area contributed by atoms with Gasteiger partial charge in [-0.25, -0.2) is 5.43 Å². The van der Waals surface area contributed by atoms with Crippen LogP contribution >= 0.6 is 0 Å². The van der Waals surface area contributed by atoms with Crippen LogP contribution in [0.25, 0.3) is 44.4 Å². The highest BCUT2D eigenvalue weighted by atomic mass is 19.2. The standard InChI is InChI=1S/C45H37BF2N6O/c1-27-25-29(3)53-42(27)41(43-28(2)26-30(4)54(43)46(53,47)48)33-18-15-31(16-19-33)17-24-37-35-11-7-9-13-38(35)40(39-14-10-8-12-36(37)39)32-20-22-34(23-21-32)44-49-51(5)45(55)52(6)50-44/h7-16,18-23,25-26H,1-6H3,(H,49,50). The number of halogens is 2. The Morgan fingerprint density at radius 1 is 0.673 bits per heavy atom. The van der Waals surface area contributed by atoms with Crippen LogP contribution in [0, 0.1) is 38.1 Å². The van der Waals surface area contributed by atoms with E-state index in [-0.39, 0.29) is 6.03 Å². The molecule has 2 aliphatic heterocycles. The van der Waals surface area contributed by atoms with Gasteiger partial charge in [0.1, 0.15) is 14.1 Å². The molecule has 55 heavy (non-hydrogen) atoms. The van der Waals surface area contributed by atoms with Crippen LogP contribution in [0.5, 0.6) is 0 Å². The quantitative estimate of drug-likeness (QED) is 0.115. The second-order valence-electron chi connectivity index (χ2n) is 14.5. The number of aryl methyl sites for hydroxylation is 4. The van der Waals surface area contributed by atoms with Gasteiger partial charge in [-0.3, -0.25) is 0 Å². The molecule has 1 N–H and O–H groups in total. The largest absolute Gasteiger partial charge is 0.537 e. The van der Waals surface area contributed by atoms with Gasteiger partial charge in [-0.2, -0.15) is 4.79 Å². The Kier molecular flexibility index (Phi) is 7.69. The first-order chi connectivity index (χ1) is 26.4. The number of aromatic nitrogens is 2. The SMILES string of the molecule is Cc1cc(C)n2c1C(=c1ccc(=C=C=c3c4ccccc4c(=c4ccc(=C5N=[N+](C)C(=O)N(C)N5)cc4)c4ccccc34)cc1)c1c(C)cc(C)n1[B-]2(F)F. The first-order valence-corrected chi connectivity index (χ1v) is 18.2. The summed E-state index contributed by atoms with van der Waals surface area (Å²) in [5, 5.41) is 15.7. The predicted molar refractivity (Wildman–Crippen MR) is 214 cm³/mol. The Hall–Kier alpha value is -6.73. The summed E-state index contributed by atoms with van der Waals surface area (Å²) in [4.78, 5) is 12.2. The average molecular weight is 727 g/mol. The molecular weight excluding hydrogens is 689 g/mol. The van der Waals surface area contributed by atoms with Crippen molar-refractivity contribution in [1.29, 1.82) is 0 Å². The lowest BCUT2D eigenvalue weighted by Crippen LogP contribution is -2.49. The minimum atomic E-state index is -4.04. The first-order valence-electron chi connectivity index (χ1n) is 18.2. The summed E-state index contributed by atoms with van der Waals surface area (Å²) in [6.07, 6.45) is 0. The van der Waals surface area contributed by atoms with Gasteiger partial charge in [0.15, 0.2) is 0 Å². The molecule has 5 aromatic carbocycles. The van der Waals surface area contributed by atoms with E-state index in [1.165, 1.54) is 18.7 Å². The molecule has 7 nitrogen and oxygen atoms in total. The Bertz CT molecular complexity index is 3130. The van der Waals surface area contributed by atoms with Crippen LogP contribution in [0.2, 0.25) is 0 Å². The van der Waals surface area contributed by atoms with E-state index in [0.29, 0.717) is 28.6 Å². The van der Waals surface area contributed by atoms with Crippen LogP contribution in [0.3, 0.4) is 0 Å². The van der Waals surface area contributed by atoms with E-state index in [4.69, 9.17) is 0 Å². The predicted octanol–water partition coefficient (Wildman–Crippen LogP) is 6.19. The number of nitrogens with zero attached hydrogens (tertiary/aromatic N) is 5. The van der Waals surface area contributed by atoms with Crippen molar-refractivity contribution < 1.29 is 18.1 Å². The van der Waals surface area contributed by atoms with Crippen molar-refractivity contribution in [3.8, 4) is 0 Å². The normalized spacial score (nSPS) is 14.7. The van der Waals surface area contributed by atoms with Crippen molar-refractivity contribution in [2.75, 3.05) is 14.1 Å². The van der Waals surface area contributed by atoms with Crippen molar-refractivity contribution in [2.45, 2.75) is 27.7 Å². The third kappa shape index (κ3) is 5.22. The van der Waals surface area contributed by atoms with E-state index in [9.17, 15) is 4.79 Å². The van der Waals surface area contributed by atoms with Crippen molar-refractivity contribution in [1.82, 2.24) is 19.4 Å². The van der Waals surface area contributed by atoms with E-state index in [1.54, 1.807) is 27.9 Å². The van der Waals surface area contributed by atoms with Gasteiger partial charge in [0.2, 0.25) is 5.82 Å². The monoisotopic (exact) mass is 726 g/mol. The number of benzene rings is 5. The summed E-state index contributed by atoms with van der Waals surface area (Å²) < 4.78 is 36.1. The van der Waals surface area contributed by atoms with Crippen LogP contribution < -0.4 is 26.3 Å². The second-order valence-corrected chi connectivity index (χ2v) is 14.5. The highest BCUT2D eigenvalue weighted by Crippen LogP contribution is 2.40. The Morgan fingerprint density at radius 2 is 1.16 bits per heavy atom. The third-order valence-electron chi connectivity index (χ3n) is 10.9. The van der Waals surface area contributed by atoms with Crippen LogP contribution in [-0.2, 0) is 0 Å². The van der Waals surface area contributed by atoms with Crippen LogP contribution in [0.1, 0.15) is 33.9 Å². The van der Waals surface area contributed by atoms with E-state index in [1.807, 2.05) is 86.6 Å². The van der Waals surface area contributed by atoms with Gasteiger partial charge in [0, 0.05) is 32.6 Å². The summed E-state index contributed by atoms with van der Waals surface area (Å²) >= 11 is 0. The number of rotatable bonds is 0. The molecule has 0 bridgehead atoms. The van der Waals surface area contributed by atoms with Gasteiger partial charge in [0.05, 0.1) is 0 Å². The van der Waals surface area contributed by atoms with E-state index < -0.39 is 6.97 Å². The maximum Gasteiger partial charge on any atom is 0.537 e. The number of hydrogen-bond donors (Lipinski definition) is 1. The molecular formula is C45H37BF2N6O. The van der Waals surface area contributed by atoms with Gasteiger partial charge >= 0.3 is 13.0 Å². The number of fused-ring (bicyclic) bond motifs is 4. The zero-order chi connectivity index (χ0) is 38.3. The molecule has 2 amide bonds. The fourth-order valence-corrected chi connectivity index (χ4v) is 8.56. The number of urea groups is 1. The number of nitrogens with one attached hydrogen (secondary N) is 1. The van der Waals surface area contributed by atoms with Gasteiger partial charge in [-0.05, 0) is 112 Å². The molecule has 0 saturated heterocycles. The zero-order valence-corrected chi connectivity index (χ0v) is 31.4. The van der Waals surface area contributed by atoms with Gasteiger partial charge in [0.25, 0.3) is 0 Å². The Morgan fingerprint density at radius 3 is 1.69 bits per heavy atom. The zero-order valence-electron chi connectivity index (χ0n) is 31.4. The third-order valence-corrected chi connectivity index (χ3v) is 10.9. The van der Waals surface area contributed by atoms with Crippen molar-refractivity contribution in [3.05, 3.63) is 174 Å². The smallest absolute Gasteiger partial charge is 0.444 e. The van der Waals surface area contributed by atoms with E-state index in [0.717, 1.165) is 69.6 Å². The lowest BCUT2D eigenvalue weighted by atomic mass is 9.86. The lowest BCUT2D eigenvalue weighted by molar-refractivity contribution is -0.477. The molecule has 0 saturated carbocycles. The number of carbonyl (C=O) groups excluding carboxylic acids is 1. The highest BCUT2D eigenvalue weighted by molar-refractivity contribution is 6.64. The minimum Gasteiger partial charge on any atom is -0.444 e. The topological polar surface area (TPSA) is 57.6 Å². The summed E-state index contributed by atoms with van der Waals surface area (Å²) in [5.74, 6) is 0.587. The molecule has 4 heterocycles. The maximum absolute atomic E-state index is 16.2. The second kappa shape index (κ2) is 12.4. The van der Waals surface area contributed by atoms with Crippen molar-refractivity contribution in [3.63, 3.8) is 0 Å². The van der Waals surface area contributed by atoms with Gasteiger partial charge < -0.3 is 17.6 Å². The summed E-state index contributed by atoms with van der Waals surface area (Å²) in [5.41, 5.74) is 14.7.